The Morgan fingerprint density at radius 1 is 1.16 bits per heavy atom. The highest BCUT2D eigenvalue weighted by atomic mass is 16.5. The predicted molar refractivity (Wildman–Crippen MR) is 99.4 cm³/mol. The molecule has 25 heavy (non-hydrogen) atoms. The Hall–Kier alpha value is -3.08. The first kappa shape index (κ1) is 18.3. The molecule has 0 heterocycles. The van der Waals surface area contributed by atoms with Gasteiger partial charge in [0.1, 0.15) is 18.1 Å². The Labute approximate surface area is 148 Å². The molecule has 0 radical (unpaired) electrons. The summed E-state index contributed by atoms with van der Waals surface area (Å²) < 4.78 is 10.9. The highest BCUT2D eigenvalue weighted by Crippen LogP contribution is 2.13. The molecule has 5 nitrogen and oxygen atoms in total. The second-order valence-corrected chi connectivity index (χ2v) is 5.24. The molecule has 5 heteroatoms. The van der Waals surface area contributed by atoms with Gasteiger partial charge in [-0.25, -0.2) is 5.43 Å². The van der Waals surface area contributed by atoms with Crippen LogP contribution in [-0.4, -0.2) is 25.3 Å². The largest absolute Gasteiger partial charge is 0.494 e. The molecular formula is C20H22N2O3. The monoisotopic (exact) mass is 338 g/mol. The fraction of sp³-hybridized carbons (Fsp3) is 0.200. The van der Waals surface area contributed by atoms with Crippen molar-refractivity contribution < 1.29 is 14.3 Å². The normalized spacial score (nSPS) is 10.4. The molecule has 130 valence electrons. The molecule has 0 saturated carbocycles. The molecule has 0 spiro atoms. The molecule has 0 bridgehead atoms. The molecular weight excluding hydrogens is 316 g/mol. The SMILES string of the molecule is C=CCOc1cccc(/C=N/NC(=O)c2ccc(OCCC)cc2)c1. The van der Waals surface area contributed by atoms with Gasteiger partial charge in [-0.2, -0.15) is 5.10 Å². The number of carbonyl (C=O) groups is 1. The predicted octanol–water partition coefficient (Wildman–Crippen LogP) is 3.80. The van der Waals surface area contributed by atoms with Crippen molar-refractivity contribution >= 4 is 12.1 Å². The van der Waals surface area contributed by atoms with E-state index in [1.807, 2.05) is 31.2 Å². The van der Waals surface area contributed by atoms with Crippen LogP contribution < -0.4 is 14.9 Å². The number of carbonyl (C=O) groups excluding carboxylic acids is 1. The summed E-state index contributed by atoms with van der Waals surface area (Å²) >= 11 is 0. The van der Waals surface area contributed by atoms with E-state index in [1.165, 1.54) is 0 Å². The van der Waals surface area contributed by atoms with Crippen LogP contribution in [0.15, 0.2) is 66.3 Å². The van der Waals surface area contributed by atoms with E-state index in [-0.39, 0.29) is 5.91 Å². The molecule has 1 N–H and O–H groups in total. The smallest absolute Gasteiger partial charge is 0.271 e. The number of benzene rings is 2. The molecule has 2 rings (SSSR count). The van der Waals surface area contributed by atoms with Gasteiger partial charge in [0.15, 0.2) is 0 Å². The Balaban J connectivity index is 1.90. The van der Waals surface area contributed by atoms with Crippen molar-refractivity contribution in [1.82, 2.24) is 5.43 Å². The van der Waals surface area contributed by atoms with Gasteiger partial charge in [-0.3, -0.25) is 4.79 Å². The van der Waals surface area contributed by atoms with Gasteiger partial charge in [0, 0.05) is 5.56 Å². The zero-order chi connectivity index (χ0) is 17.9. The van der Waals surface area contributed by atoms with Crippen LogP contribution in [0.1, 0.15) is 29.3 Å². The molecule has 0 aliphatic rings. The Morgan fingerprint density at radius 2 is 1.96 bits per heavy atom. The maximum atomic E-state index is 12.1. The van der Waals surface area contributed by atoms with E-state index in [0.717, 1.165) is 23.5 Å². The van der Waals surface area contributed by atoms with Gasteiger partial charge < -0.3 is 9.47 Å². The Bertz CT molecular complexity index is 724. The molecule has 2 aromatic rings. The van der Waals surface area contributed by atoms with Crippen molar-refractivity contribution in [3.8, 4) is 11.5 Å². The van der Waals surface area contributed by atoms with E-state index in [1.54, 1.807) is 36.6 Å². The molecule has 0 aliphatic carbocycles. The van der Waals surface area contributed by atoms with Crippen LogP contribution in [0.25, 0.3) is 0 Å². The lowest BCUT2D eigenvalue weighted by molar-refractivity contribution is 0.0955. The lowest BCUT2D eigenvalue weighted by Crippen LogP contribution is -2.17. The quantitative estimate of drug-likeness (QED) is 0.430. The minimum absolute atomic E-state index is 0.280. The molecule has 0 atom stereocenters. The van der Waals surface area contributed by atoms with Gasteiger partial charge in [-0.05, 0) is 48.4 Å². The first-order chi connectivity index (χ1) is 12.2. The van der Waals surface area contributed by atoms with Crippen LogP contribution in [0.5, 0.6) is 11.5 Å². The second kappa shape index (κ2) is 9.93. The van der Waals surface area contributed by atoms with E-state index in [4.69, 9.17) is 9.47 Å². The maximum Gasteiger partial charge on any atom is 0.271 e. The summed E-state index contributed by atoms with van der Waals surface area (Å²) in [6.45, 7) is 6.75. The first-order valence-electron chi connectivity index (χ1n) is 8.13. The molecule has 0 fully saturated rings. The Morgan fingerprint density at radius 3 is 2.68 bits per heavy atom. The third-order valence-corrected chi connectivity index (χ3v) is 3.20. The van der Waals surface area contributed by atoms with E-state index in [9.17, 15) is 4.79 Å². The summed E-state index contributed by atoms with van der Waals surface area (Å²) in [5.41, 5.74) is 3.85. The summed E-state index contributed by atoms with van der Waals surface area (Å²) in [6.07, 6.45) is 4.19. The molecule has 2 aromatic carbocycles. The number of hydrazone groups is 1. The highest BCUT2D eigenvalue weighted by molar-refractivity contribution is 5.95. The number of nitrogens with zero attached hydrogens (tertiary/aromatic N) is 1. The van der Waals surface area contributed by atoms with Crippen molar-refractivity contribution in [2.24, 2.45) is 5.10 Å². The lowest BCUT2D eigenvalue weighted by Gasteiger charge is -2.05. The van der Waals surface area contributed by atoms with Crippen LogP contribution in [0.3, 0.4) is 0 Å². The van der Waals surface area contributed by atoms with Gasteiger partial charge in [-0.15, -0.1) is 0 Å². The number of hydrogen-bond acceptors (Lipinski definition) is 4. The van der Waals surface area contributed by atoms with Gasteiger partial charge in [0.2, 0.25) is 0 Å². The first-order valence-corrected chi connectivity index (χ1v) is 8.13. The molecule has 0 aromatic heterocycles. The van der Waals surface area contributed by atoms with E-state index in [0.29, 0.717) is 18.8 Å². The summed E-state index contributed by atoms with van der Waals surface area (Å²) in [4.78, 5) is 12.1. The van der Waals surface area contributed by atoms with Crippen LogP contribution in [-0.2, 0) is 0 Å². The number of rotatable bonds is 9. The number of nitrogens with one attached hydrogen (secondary N) is 1. The fourth-order valence-electron chi connectivity index (χ4n) is 1.99. The lowest BCUT2D eigenvalue weighted by atomic mass is 10.2. The van der Waals surface area contributed by atoms with Crippen LogP contribution in [0, 0.1) is 0 Å². The number of hydrogen-bond donors (Lipinski definition) is 1. The van der Waals surface area contributed by atoms with Gasteiger partial charge >= 0.3 is 0 Å². The summed E-state index contributed by atoms with van der Waals surface area (Å²) in [6, 6.07) is 14.4. The summed E-state index contributed by atoms with van der Waals surface area (Å²) in [7, 11) is 0. The van der Waals surface area contributed by atoms with Gasteiger partial charge in [0.05, 0.1) is 12.8 Å². The fourth-order valence-corrected chi connectivity index (χ4v) is 1.99. The second-order valence-electron chi connectivity index (χ2n) is 5.24. The molecule has 0 unspecified atom stereocenters. The average Bonchev–Trinajstić information content (AvgIpc) is 2.65. The van der Waals surface area contributed by atoms with E-state index < -0.39 is 0 Å². The number of ether oxygens (including phenoxy) is 2. The van der Waals surface area contributed by atoms with Crippen molar-refractivity contribution in [2.75, 3.05) is 13.2 Å². The zero-order valence-corrected chi connectivity index (χ0v) is 14.3. The third-order valence-electron chi connectivity index (χ3n) is 3.20. The third kappa shape index (κ3) is 6.14. The van der Waals surface area contributed by atoms with Crippen LogP contribution >= 0.6 is 0 Å². The van der Waals surface area contributed by atoms with Gasteiger partial charge in [-0.1, -0.05) is 31.7 Å². The Kier molecular flexibility index (Phi) is 7.25. The highest BCUT2D eigenvalue weighted by Gasteiger charge is 2.04. The summed E-state index contributed by atoms with van der Waals surface area (Å²) in [5.74, 6) is 1.19. The standard InChI is InChI=1S/C20H22N2O3/c1-3-12-24-18-10-8-17(9-11-18)20(23)22-21-15-16-6-5-7-19(14-16)25-13-4-2/h4-11,14-15H,2-3,12-13H2,1H3,(H,22,23)/b21-15+. The van der Waals surface area contributed by atoms with Crippen LogP contribution in [0.2, 0.25) is 0 Å². The number of amides is 1. The molecule has 0 saturated heterocycles. The van der Waals surface area contributed by atoms with E-state index >= 15 is 0 Å². The van der Waals surface area contributed by atoms with Crippen molar-refractivity contribution in [3.63, 3.8) is 0 Å². The molecule has 0 aliphatic heterocycles. The van der Waals surface area contributed by atoms with Gasteiger partial charge in [0.25, 0.3) is 5.91 Å². The zero-order valence-electron chi connectivity index (χ0n) is 14.3. The topological polar surface area (TPSA) is 59.9 Å². The van der Waals surface area contributed by atoms with Crippen molar-refractivity contribution in [2.45, 2.75) is 13.3 Å². The van der Waals surface area contributed by atoms with Crippen molar-refractivity contribution in [1.29, 1.82) is 0 Å². The summed E-state index contributed by atoms with van der Waals surface area (Å²) in [5, 5.41) is 3.98. The van der Waals surface area contributed by atoms with Crippen molar-refractivity contribution in [3.05, 3.63) is 72.3 Å². The minimum Gasteiger partial charge on any atom is -0.494 e. The molecule has 1 amide bonds. The average molecular weight is 338 g/mol. The van der Waals surface area contributed by atoms with E-state index in [2.05, 4.69) is 17.1 Å². The minimum atomic E-state index is -0.280. The van der Waals surface area contributed by atoms with Crippen LogP contribution in [0.4, 0.5) is 0 Å². The maximum absolute atomic E-state index is 12.1.